The highest BCUT2D eigenvalue weighted by atomic mass is 16.3. The molecule has 1 saturated heterocycles. The van der Waals surface area contributed by atoms with Crippen molar-refractivity contribution >= 4 is 0 Å². The molecule has 3 aliphatic rings. The van der Waals surface area contributed by atoms with Gasteiger partial charge in [-0.15, -0.1) is 0 Å². The van der Waals surface area contributed by atoms with Crippen LogP contribution in [0.3, 0.4) is 0 Å². The zero-order valence-electron chi connectivity index (χ0n) is 10.1. The van der Waals surface area contributed by atoms with E-state index in [4.69, 9.17) is 0 Å². The molecular weight excluding hydrogens is 200 g/mol. The minimum atomic E-state index is -0.0154. The van der Waals surface area contributed by atoms with Gasteiger partial charge in [-0.1, -0.05) is 0 Å². The first kappa shape index (κ1) is 11.0. The highest BCUT2D eigenvalue weighted by molar-refractivity contribution is 4.92. The quantitative estimate of drug-likeness (QED) is 0.747. The van der Waals surface area contributed by atoms with Crippen molar-refractivity contribution in [3.8, 4) is 0 Å². The normalized spacial score (nSPS) is 40.7. The van der Waals surface area contributed by atoms with Gasteiger partial charge in [0.25, 0.3) is 0 Å². The Morgan fingerprint density at radius 3 is 2.69 bits per heavy atom. The van der Waals surface area contributed by atoms with Crippen LogP contribution in [-0.4, -0.2) is 47.8 Å². The highest BCUT2D eigenvalue weighted by Crippen LogP contribution is 2.30. The average Bonchev–Trinajstić information content (AvgIpc) is 2.87. The maximum Gasteiger partial charge on any atom is 0.0543 e. The first-order chi connectivity index (χ1) is 7.81. The van der Waals surface area contributed by atoms with Gasteiger partial charge in [0.15, 0.2) is 0 Å². The molecular formula is C13H24N2O. The Bertz CT molecular complexity index is 242. The van der Waals surface area contributed by atoms with Crippen LogP contribution < -0.4 is 5.32 Å². The van der Waals surface area contributed by atoms with Crippen molar-refractivity contribution in [1.29, 1.82) is 0 Å². The van der Waals surface area contributed by atoms with Gasteiger partial charge in [-0.3, -0.25) is 4.90 Å². The zero-order valence-corrected chi connectivity index (χ0v) is 10.1. The number of aliphatic hydroxyl groups is 1. The van der Waals surface area contributed by atoms with E-state index in [1.165, 1.54) is 38.8 Å². The average molecular weight is 224 g/mol. The third-order valence-electron chi connectivity index (χ3n) is 4.49. The van der Waals surface area contributed by atoms with E-state index in [9.17, 15) is 5.11 Å². The van der Waals surface area contributed by atoms with Gasteiger partial charge < -0.3 is 10.4 Å². The summed E-state index contributed by atoms with van der Waals surface area (Å²) in [6.45, 7) is 3.69. The summed E-state index contributed by atoms with van der Waals surface area (Å²) < 4.78 is 0. The summed E-state index contributed by atoms with van der Waals surface area (Å²) in [5.74, 6) is 0.727. The molecule has 16 heavy (non-hydrogen) atoms. The fraction of sp³-hybridized carbons (Fsp3) is 1.00. The SMILES string of the molecule is OC1CCC(CNC2CCN(C3CC3)C2)C1. The number of hydrogen-bond acceptors (Lipinski definition) is 3. The van der Waals surface area contributed by atoms with Crippen LogP contribution in [0.1, 0.15) is 38.5 Å². The Labute approximate surface area is 98.2 Å². The van der Waals surface area contributed by atoms with Crippen LogP contribution in [0.15, 0.2) is 0 Å². The molecule has 0 aromatic rings. The second kappa shape index (κ2) is 4.63. The first-order valence-electron chi connectivity index (χ1n) is 6.97. The zero-order chi connectivity index (χ0) is 11.0. The molecule has 3 nitrogen and oxygen atoms in total. The Kier molecular flexibility index (Phi) is 3.18. The molecule has 0 bridgehead atoms. The summed E-state index contributed by atoms with van der Waals surface area (Å²) in [6, 6.07) is 1.65. The first-order valence-corrected chi connectivity index (χ1v) is 6.97. The van der Waals surface area contributed by atoms with Gasteiger partial charge in [-0.25, -0.2) is 0 Å². The molecule has 0 amide bonds. The van der Waals surface area contributed by atoms with Crippen LogP contribution in [0.5, 0.6) is 0 Å². The highest BCUT2D eigenvalue weighted by Gasteiger charge is 2.34. The lowest BCUT2D eigenvalue weighted by atomic mass is 10.1. The van der Waals surface area contributed by atoms with Crippen LogP contribution >= 0.6 is 0 Å². The van der Waals surface area contributed by atoms with E-state index in [0.717, 1.165) is 37.4 Å². The van der Waals surface area contributed by atoms with Crippen molar-refractivity contribution in [1.82, 2.24) is 10.2 Å². The molecule has 92 valence electrons. The van der Waals surface area contributed by atoms with E-state index in [1.807, 2.05) is 0 Å². The number of likely N-dealkylation sites (tertiary alicyclic amines) is 1. The van der Waals surface area contributed by atoms with Crippen molar-refractivity contribution in [3.05, 3.63) is 0 Å². The lowest BCUT2D eigenvalue weighted by molar-refractivity contribution is 0.177. The topological polar surface area (TPSA) is 35.5 Å². The minimum absolute atomic E-state index is 0.0154. The standard InChI is InChI=1S/C13H24N2O/c16-13-4-1-10(7-13)8-14-11-5-6-15(9-11)12-2-3-12/h10-14,16H,1-9H2. The lowest BCUT2D eigenvalue weighted by Crippen LogP contribution is -2.36. The molecule has 2 saturated carbocycles. The molecule has 0 radical (unpaired) electrons. The Morgan fingerprint density at radius 2 is 2.00 bits per heavy atom. The van der Waals surface area contributed by atoms with Gasteiger partial charge in [0.1, 0.15) is 0 Å². The van der Waals surface area contributed by atoms with Gasteiger partial charge in [0.05, 0.1) is 6.10 Å². The van der Waals surface area contributed by atoms with Crippen LogP contribution in [0.2, 0.25) is 0 Å². The number of aliphatic hydroxyl groups excluding tert-OH is 1. The van der Waals surface area contributed by atoms with Gasteiger partial charge in [-0.2, -0.15) is 0 Å². The molecule has 0 aromatic carbocycles. The molecule has 3 atom stereocenters. The summed E-state index contributed by atoms with van der Waals surface area (Å²) in [4.78, 5) is 2.65. The predicted molar refractivity (Wildman–Crippen MR) is 64.4 cm³/mol. The van der Waals surface area contributed by atoms with E-state index in [0.29, 0.717) is 0 Å². The van der Waals surface area contributed by atoms with E-state index < -0.39 is 0 Å². The summed E-state index contributed by atoms with van der Waals surface area (Å²) in [5.41, 5.74) is 0. The fourth-order valence-electron chi connectivity index (χ4n) is 3.29. The maximum atomic E-state index is 9.48. The lowest BCUT2D eigenvalue weighted by Gasteiger charge is -2.17. The van der Waals surface area contributed by atoms with Gasteiger partial charge in [0.2, 0.25) is 0 Å². The number of hydrogen-bond donors (Lipinski definition) is 2. The summed E-state index contributed by atoms with van der Waals surface area (Å²) in [7, 11) is 0. The third-order valence-corrected chi connectivity index (χ3v) is 4.49. The maximum absolute atomic E-state index is 9.48. The molecule has 3 rings (SSSR count). The molecule has 0 spiro atoms. The van der Waals surface area contributed by atoms with Crippen molar-refractivity contribution in [2.24, 2.45) is 5.92 Å². The van der Waals surface area contributed by atoms with Gasteiger partial charge in [-0.05, 0) is 51.0 Å². The van der Waals surface area contributed by atoms with E-state index >= 15 is 0 Å². The van der Waals surface area contributed by atoms with Gasteiger partial charge >= 0.3 is 0 Å². The summed E-state index contributed by atoms with van der Waals surface area (Å²) in [6.07, 6.45) is 7.43. The monoisotopic (exact) mass is 224 g/mol. The van der Waals surface area contributed by atoms with Crippen molar-refractivity contribution in [2.75, 3.05) is 19.6 Å². The molecule has 1 heterocycles. The second-order valence-corrected chi connectivity index (χ2v) is 5.95. The Balaban J connectivity index is 1.36. The number of nitrogens with zero attached hydrogens (tertiary/aromatic N) is 1. The smallest absolute Gasteiger partial charge is 0.0543 e. The van der Waals surface area contributed by atoms with Crippen LogP contribution in [0.4, 0.5) is 0 Å². The fourth-order valence-corrected chi connectivity index (χ4v) is 3.29. The molecule has 3 heteroatoms. The van der Waals surface area contributed by atoms with Gasteiger partial charge in [0, 0.05) is 25.2 Å². The molecule has 1 aliphatic heterocycles. The van der Waals surface area contributed by atoms with E-state index in [2.05, 4.69) is 10.2 Å². The van der Waals surface area contributed by atoms with Crippen molar-refractivity contribution in [3.63, 3.8) is 0 Å². The molecule has 2 aliphatic carbocycles. The molecule has 3 unspecified atom stereocenters. The Morgan fingerprint density at radius 1 is 1.12 bits per heavy atom. The predicted octanol–water partition coefficient (Wildman–Crippen LogP) is 0.974. The third kappa shape index (κ3) is 2.58. The molecule has 3 fully saturated rings. The summed E-state index contributed by atoms with van der Waals surface area (Å²) in [5, 5.41) is 13.2. The van der Waals surface area contributed by atoms with Crippen LogP contribution in [-0.2, 0) is 0 Å². The second-order valence-electron chi connectivity index (χ2n) is 5.95. The number of nitrogens with one attached hydrogen (secondary N) is 1. The molecule has 0 aromatic heterocycles. The van der Waals surface area contributed by atoms with Crippen molar-refractivity contribution < 1.29 is 5.11 Å². The van der Waals surface area contributed by atoms with E-state index in [1.54, 1.807) is 0 Å². The van der Waals surface area contributed by atoms with Crippen LogP contribution in [0.25, 0.3) is 0 Å². The molecule has 2 N–H and O–H groups in total. The number of rotatable bonds is 4. The summed E-state index contributed by atoms with van der Waals surface area (Å²) >= 11 is 0. The minimum Gasteiger partial charge on any atom is -0.393 e. The van der Waals surface area contributed by atoms with Crippen LogP contribution in [0, 0.1) is 5.92 Å². The largest absolute Gasteiger partial charge is 0.393 e. The van der Waals surface area contributed by atoms with E-state index in [-0.39, 0.29) is 6.10 Å². The Hall–Kier alpha value is -0.120. The van der Waals surface area contributed by atoms with Crippen molar-refractivity contribution in [2.45, 2.75) is 56.7 Å².